The van der Waals surface area contributed by atoms with Crippen LogP contribution >= 0.6 is 0 Å². The quantitative estimate of drug-likeness (QED) is 0.640. The first-order valence-corrected chi connectivity index (χ1v) is 9.17. The number of aryl methyl sites for hydroxylation is 1. The van der Waals surface area contributed by atoms with Crippen LogP contribution in [0.2, 0.25) is 0 Å². The summed E-state index contributed by atoms with van der Waals surface area (Å²) in [5.74, 6) is -0.0507. The van der Waals surface area contributed by atoms with Gasteiger partial charge in [-0.05, 0) is 55.0 Å². The standard InChI is InChI=1S/C19H18N2O3S/c1-14-7-12-18(13-19(14)22)25(23,24)21-17-10-8-16(9-11-17)20-15-5-3-2-4-6-15/h2-13,20-22H,1H3. The van der Waals surface area contributed by atoms with Gasteiger partial charge in [-0.2, -0.15) is 0 Å². The minimum absolute atomic E-state index is 0.0158. The first-order chi connectivity index (χ1) is 11.9. The number of phenols is 1. The summed E-state index contributed by atoms with van der Waals surface area (Å²) in [4.78, 5) is 0.0158. The van der Waals surface area contributed by atoms with Crippen LogP contribution in [0.4, 0.5) is 17.1 Å². The van der Waals surface area contributed by atoms with E-state index < -0.39 is 10.0 Å². The van der Waals surface area contributed by atoms with Crippen molar-refractivity contribution >= 4 is 27.1 Å². The number of para-hydroxylation sites is 1. The third-order valence-corrected chi connectivity index (χ3v) is 5.07. The van der Waals surface area contributed by atoms with Gasteiger partial charge in [0.2, 0.25) is 0 Å². The second-order valence-corrected chi connectivity index (χ2v) is 7.30. The van der Waals surface area contributed by atoms with Crippen LogP contribution < -0.4 is 10.0 Å². The van der Waals surface area contributed by atoms with Gasteiger partial charge in [0, 0.05) is 23.1 Å². The molecule has 25 heavy (non-hydrogen) atoms. The molecule has 0 aliphatic rings. The average molecular weight is 354 g/mol. The molecule has 0 saturated heterocycles. The highest BCUT2D eigenvalue weighted by Gasteiger charge is 2.15. The van der Waals surface area contributed by atoms with Crippen LogP contribution in [0.3, 0.4) is 0 Å². The fourth-order valence-corrected chi connectivity index (χ4v) is 3.36. The lowest BCUT2D eigenvalue weighted by molar-refractivity contribution is 0.469. The van der Waals surface area contributed by atoms with E-state index in [9.17, 15) is 13.5 Å². The smallest absolute Gasteiger partial charge is 0.262 e. The molecule has 3 aromatic rings. The van der Waals surface area contributed by atoms with E-state index in [0.717, 1.165) is 11.4 Å². The molecule has 0 saturated carbocycles. The van der Waals surface area contributed by atoms with Gasteiger partial charge in [0.05, 0.1) is 4.90 Å². The highest BCUT2D eigenvalue weighted by atomic mass is 32.2. The number of rotatable bonds is 5. The lowest BCUT2D eigenvalue weighted by Gasteiger charge is -2.11. The minimum atomic E-state index is -3.75. The van der Waals surface area contributed by atoms with Crippen LogP contribution in [-0.4, -0.2) is 13.5 Å². The summed E-state index contributed by atoms with van der Waals surface area (Å²) in [6.07, 6.45) is 0. The van der Waals surface area contributed by atoms with Crippen molar-refractivity contribution < 1.29 is 13.5 Å². The van der Waals surface area contributed by atoms with E-state index in [1.165, 1.54) is 12.1 Å². The van der Waals surface area contributed by atoms with E-state index >= 15 is 0 Å². The van der Waals surface area contributed by atoms with Gasteiger partial charge in [0.25, 0.3) is 10.0 Å². The predicted molar refractivity (Wildman–Crippen MR) is 99.8 cm³/mol. The van der Waals surface area contributed by atoms with E-state index in [2.05, 4.69) is 10.0 Å². The number of aromatic hydroxyl groups is 1. The highest BCUT2D eigenvalue weighted by Crippen LogP contribution is 2.24. The molecule has 0 heterocycles. The monoisotopic (exact) mass is 354 g/mol. The fourth-order valence-electron chi connectivity index (χ4n) is 2.28. The SMILES string of the molecule is Cc1ccc(S(=O)(=O)Nc2ccc(Nc3ccccc3)cc2)cc1O. The fraction of sp³-hybridized carbons (Fsp3) is 0.0526. The lowest BCUT2D eigenvalue weighted by Crippen LogP contribution is -2.12. The first kappa shape index (κ1) is 16.9. The molecule has 0 unspecified atom stereocenters. The summed E-state index contributed by atoms with van der Waals surface area (Å²) in [5, 5.41) is 12.9. The molecule has 5 nitrogen and oxygen atoms in total. The zero-order chi connectivity index (χ0) is 17.9. The summed E-state index contributed by atoms with van der Waals surface area (Å²) < 4.78 is 27.3. The van der Waals surface area contributed by atoms with Gasteiger partial charge in [-0.25, -0.2) is 8.42 Å². The Morgan fingerprint density at radius 2 is 1.40 bits per heavy atom. The Kier molecular flexibility index (Phi) is 4.63. The van der Waals surface area contributed by atoms with Crippen LogP contribution in [0.25, 0.3) is 0 Å². The molecular weight excluding hydrogens is 336 g/mol. The Labute approximate surface area is 147 Å². The van der Waals surface area contributed by atoms with Gasteiger partial charge in [0.15, 0.2) is 0 Å². The Hall–Kier alpha value is -2.99. The molecular formula is C19H18N2O3S. The zero-order valence-corrected chi connectivity index (χ0v) is 14.4. The third-order valence-electron chi connectivity index (χ3n) is 3.69. The van der Waals surface area contributed by atoms with E-state index in [1.54, 1.807) is 37.3 Å². The molecule has 6 heteroatoms. The zero-order valence-electron chi connectivity index (χ0n) is 13.6. The molecule has 0 atom stereocenters. The summed E-state index contributed by atoms with van der Waals surface area (Å²) >= 11 is 0. The van der Waals surface area contributed by atoms with E-state index in [-0.39, 0.29) is 10.6 Å². The Bertz CT molecular complexity index is 969. The van der Waals surface area contributed by atoms with Gasteiger partial charge in [-0.15, -0.1) is 0 Å². The van der Waals surface area contributed by atoms with Gasteiger partial charge in [-0.3, -0.25) is 4.72 Å². The summed E-state index contributed by atoms with van der Waals surface area (Å²) in [6, 6.07) is 20.9. The van der Waals surface area contributed by atoms with Crippen molar-refractivity contribution in [2.75, 3.05) is 10.0 Å². The molecule has 0 fully saturated rings. The summed E-state index contributed by atoms with van der Waals surface area (Å²) in [5.41, 5.74) is 2.86. The maximum atomic E-state index is 12.4. The Balaban J connectivity index is 1.75. The molecule has 0 aliphatic heterocycles. The second kappa shape index (κ2) is 6.86. The predicted octanol–water partition coefficient (Wildman–Crippen LogP) is 4.25. The summed E-state index contributed by atoms with van der Waals surface area (Å²) in [7, 11) is -3.75. The van der Waals surface area contributed by atoms with Gasteiger partial charge < -0.3 is 10.4 Å². The first-order valence-electron chi connectivity index (χ1n) is 7.69. The van der Waals surface area contributed by atoms with Gasteiger partial charge >= 0.3 is 0 Å². The molecule has 0 aromatic heterocycles. The average Bonchev–Trinajstić information content (AvgIpc) is 2.60. The second-order valence-electron chi connectivity index (χ2n) is 5.62. The number of nitrogens with one attached hydrogen (secondary N) is 2. The maximum absolute atomic E-state index is 12.4. The van der Waals surface area contributed by atoms with E-state index in [0.29, 0.717) is 11.3 Å². The van der Waals surface area contributed by atoms with Crippen LogP contribution in [0.1, 0.15) is 5.56 Å². The van der Waals surface area contributed by atoms with Crippen LogP contribution in [0.15, 0.2) is 77.7 Å². The number of benzene rings is 3. The molecule has 3 rings (SSSR count). The van der Waals surface area contributed by atoms with Crippen LogP contribution in [0.5, 0.6) is 5.75 Å². The van der Waals surface area contributed by atoms with Crippen molar-refractivity contribution in [1.29, 1.82) is 0 Å². The van der Waals surface area contributed by atoms with Crippen molar-refractivity contribution in [3.05, 3.63) is 78.4 Å². The van der Waals surface area contributed by atoms with Crippen molar-refractivity contribution in [3.8, 4) is 5.75 Å². The van der Waals surface area contributed by atoms with Crippen molar-refractivity contribution in [3.63, 3.8) is 0 Å². The molecule has 3 aromatic carbocycles. The van der Waals surface area contributed by atoms with Crippen molar-refractivity contribution in [2.24, 2.45) is 0 Å². The van der Waals surface area contributed by atoms with E-state index in [1.807, 2.05) is 30.3 Å². The molecule has 128 valence electrons. The number of sulfonamides is 1. The topological polar surface area (TPSA) is 78.4 Å². The maximum Gasteiger partial charge on any atom is 0.262 e. The van der Waals surface area contributed by atoms with Crippen LogP contribution in [0, 0.1) is 6.92 Å². The van der Waals surface area contributed by atoms with Crippen molar-refractivity contribution in [2.45, 2.75) is 11.8 Å². The molecule has 0 spiro atoms. The minimum Gasteiger partial charge on any atom is -0.508 e. The lowest BCUT2D eigenvalue weighted by atomic mass is 10.2. The number of hydrogen-bond donors (Lipinski definition) is 3. The molecule has 0 aliphatic carbocycles. The van der Waals surface area contributed by atoms with Crippen LogP contribution in [-0.2, 0) is 10.0 Å². The normalized spacial score (nSPS) is 11.1. The Morgan fingerprint density at radius 3 is 2.04 bits per heavy atom. The third kappa shape index (κ3) is 4.10. The van der Waals surface area contributed by atoms with Gasteiger partial charge in [0.1, 0.15) is 5.75 Å². The highest BCUT2D eigenvalue weighted by molar-refractivity contribution is 7.92. The van der Waals surface area contributed by atoms with Gasteiger partial charge in [-0.1, -0.05) is 24.3 Å². The largest absolute Gasteiger partial charge is 0.508 e. The molecule has 0 bridgehead atoms. The van der Waals surface area contributed by atoms with Crippen molar-refractivity contribution in [1.82, 2.24) is 0 Å². The number of phenolic OH excluding ortho intramolecular Hbond substituents is 1. The van der Waals surface area contributed by atoms with E-state index in [4.69, 9.17) is 0 Å². The number of anilines is 3. The Morgan fingerprint density at radius 1 is 0.800 bits per heavy atom. The number of hydrogen-bond acceptors (Lipinski definition) is 4. The molecule has 0 amide bonds. The molecule has 3 N–H and O–H groups in total. The molecule has 0 radical (unpaired) electrons. The summed E-state index contributed by atoms with van der Waals surface area (Å²) in [6.45, 7) is 1.71.